The van der Waals surface area contributed by atoms with Crippen molar-refractivity contribution < 1.29 is 19.0 Å². The third kappa shape index (κ3) is 4.88. The number of carbonyl (C=O) groups excluding carboxylic acids is 1. The molecule has 5 nitrogen and oxygen atoms in total. The predicted octanol–water partition coefficient (Wildman–Crippen LogP) is -0.224. The van der Waals surface area contributed by atoms with E-state index in [2.05, 4.69) is 41.5 Å². The van der Waals surface area contributed by atoms with E-state index in [1.165, 1.54) is 22.6 Å². The summed E-state index contributed by atoms with van der Waals surface area (Å²) in [6.45, 7) is 4.83. The van der Waals surface area contributed by atoms with Crippen LogP contribution in [0.1, 0.15) is 22.0 Å². The predicted molar refractivity (Wildman–Crippen MR) is 110 cm³/mol. The van der Waals surface area contributed by atoms with Crippen LogP contribution >= 0.6 is 0 Å². The first-order chi connectivity index (χ1) is 13.5. The molecule has 0 unspecified atom stereocenters. The lowest BCUT2D eigenvalue weighted by Gasteiger charge is -2.33. The molecule has 0 aromatic heterocycles. The van der Waals surface area contributed by atoms with E-state index in [4.69, 9.17) is 0 Å². The van der Waals surface area contributed by atoms with E-state index in [1.807, 2.05) is 14.1 Å². The van der Waals surface area contributed by atoms with E-state index in [9.17, 15) is 9.18 Å². The number of rotatable bonds is 6. The number of benzene rings is 2. The molecule has 28 heavy (non-hydrogen) atoms. The van der Waals surface area contributed by atoms with Gasteiger partial charge in [-0.25, -0.2) is 4.39 Å². The van der Waals surface area contributed by atoms with Crippen molar-refractivity contribution in [1.82, 2.24) is 5.32 Å². The molecule has 0 saturated carbocycles. The van der Waals surface area contributed by atoms with Crippen LogP contribution in [0.15, 0.2) is 48.5 Å². The van der Waals surface area contributed by atoms with Crippen LogP contribution in [0.3, 0.4) is 0 Å². The van der Waals surface area contributed by atoms with Crippen LogP contribution in [0, 0.1) is 5.82 Å². The van der Waals surface area contributed by atoms with Crippen LogP contribution < -0.4 is 20.0 Å². The standard InChI is InChI=1S/C22H29FN4O/c1-25(2)18-10-8-17(9-11-18)21(27-14-12-26(3)13-15-27)16-24-22(28)19-6-4-5-7-20(19)23/h4-11,21H,12-16H2,1-3H3,(H,24,28)/p+2/t21-/m1/s1. The third-order valence-electron chi connectivity index (χ3n) is 5.64. The number of quaternary nitrogens is 2. The fourth-order valence-corrected chi connectivity index (χ4v) is 3.78. The summed E-state index contributed by atoms with van der Waals surface area (Å²) in [6, 6.07) is 14.8. The van der Waals surface area contributed by atoms with Crippen LogP contribution in [0.25, 0.3) is 0 Å². The summed E-state index contributed by atoms with van der Waals surface area (Å²) in [6.07, 6.45) is 0. The van der Waals surface area contributed by atoms with Gasteiger partial charge >= 0.3 is 0 Å². The fourth-order valence-electron chi connectivity index (χ4n) is 3.78. The van der Waals surface area contributed by atoms with Gasteiger partial charge in [-0.1, -0.05) is 24.3 Å². The summed E-state index contributed by atoms with van der Waals surface area (Å²) in [5.74, 6) is -0.838. The number of amides is 1. The zero-order valence-electron chi connectivity index (χ0n) is 17.0. The van der Waals surface area contributed by atoms with Gasteiger partial charge in [-0.05, 0) is 24.3 Å². The van der Waals surface area contributed by atoms with Gasteiger partial charge in [0.1, 0.15) is 38.0 Å². The van der Waals surface area contributed by atoms with Crippen LogP contribution in [0.4, 0.5) is 10.1 Å². The highest BCUT2D eigenvalue weighted by molar-refractivity contribution is 5.94. The fraction of sp³-hybridized carbons (Fsp3) is 0.409. The number of nitrogens with zero attached hydrogens (tertiary/aromatic N) is 1. The molecule has 0 spiro atoms. The third-order valence-corrected chi connectivity index (χ3v) is 5.64. The number of piperazine rings is 1. The molecule has 1 heterocycles. The summed E-state index contributed by atoms with van der Waals surface area (Å²) in [5, 5.41) is 2.97. The maximum atomic E-state index is 13.9. The number of nitrogens with one attached hydrogen (secondary N) is 3. The lowest BCUT2D eigenvalue weighted by atomic mass is 10.0. The normalized spacial score (nSPS) is 20.4. The molecule has 150 valence electrons. The van der Waals surface area contributed by atoms with E-state index >= 15 is 0 Å². The molecule has 6 heteroatoms. The largest absolute Gasteiger partial charge is 0.378 e. The second-order valence-corrected chi connectivity index (χ2v) is 7.84. The number of halogens is 1. The maximum Gasteiger partial charge on any atom is 0.254 e. The van der Waals surface area contributed by atoms with Crippen molar-refractivity contribution in [3.8, 4) is 0 Å². The molecule has 3 N–H and O–H groups in total. The zero-order chi connectivity index (χ0) is 20.1. The van der Waals surface area contributed by atoms with Crippen molar-refractivity contribution in [1.29, 1.82) is 0 Å². The number of hydrogen-bond acceptors (Lipinski definition) is 2. The van der Waals surface area contributed by atoms with Gasteiger partial charge in [0.2, 0.25) is 0 Å². The zero-order valence-corrected chi connectivity index (χ0v) is 17.0. The number of hydrogen-bond donors (Lipinski definition) is 3. The van der Waals surface area contributed by atoms with Crippen molar-refractivity contribution in [2.45, 2.75) is 6.04 Å². The summed E-state index contributed by atoms with van der Waals surface area (Å²) in [4.78, 5) is 17.6. The minimum atomic E-state index is -0.484. The van der Waals surface area contributed by atoms with Crippen LogP contribution in [0.2, 0.25) is 0 Å². The van der Waals surface area contributed by atoms with E-state index in [0.717, 1.165) is 31.9 Å². The van der Waals surface area contributed by atoms with Crippen molar-refractivity contribution in [3.05, 3.63) is 65.5 Å². The SMILES string of the molecule is CN(C)c1ccc([C@@H](CNC(=O)c2ccccc2F)[NH+]2CC[NH+](C)CC2)cc1. The molecule has 1 atom stereocenters. The molecule has 2 aromatic rings. The first-order valence-electron chi connectivity index (χ1n) is 9.91. The van der Waals surface area contributed by atoms with Gasteiger partial charge in [-0.15, -0.1) is 0 Å². The Morgan fingerprint density at radius 2 is 1.71 bits per heavy atom. The molecule has 0 bridgehead atoms. The molecule has 1 amide bonds. The second-order valence-electron chi connectivity index (χ2n) is 7.84. The summed E-state index contributed by atoms with van der Waals surface area (Å²) >= 11 is 0. The Hall–Kier alpha value is -2.44. The first kappa shape index (κ1) is 20.3. The average Bonchev–Trinajstić information content (AvgIpc) is 2.70. The van der Waals surface area contributed by atoms with Gasteiger partial charge in [0, 0.05) is 25.3 Å². The highest BCUT2D eigenvalue weighted by Crippen LogP contribution is 2.16. The monoisotopic (exact) mass is 386 g/mol. The van der Waals surface area contributed by atoms with Crippen molar-refractivity contribution in [2.24, 2.45) is 0 Å². The second kappa shape index (κ2) is 9.17. The lowest BCUT2D eigenvalue weighted by molar-refractivity contribution is -1.02. The summed E-state index contributed by atoms with van der Waals surface area (Å²) < 4.78 is 13.9. The molecule has 1 aliphatic rings. The molecule has 0 aliphatic carbocycles. The smallest absolute Gasteiger partial charge is 0.254 e. The van der Waals surface area contributed by atoms with E-state index in [-0.39, 0.29) is 17.5 Å². The molecule has 0 radical (unpaired) electrons. The van der Waals surface area contributed by atoms with Gasteiger partial charge in [0.15, 0.2) is 0 Å². The Morgan fingerprint density at radius 1 is 1.07 bits per heavy atom. The molecule has 1 saturated heterocycles. The topological polar surface area (TPSA) is 41.2 Å². The Morgan fingerprint density at radius 3 is 2.32 bits per heavy atom. The van der Waals surface area contributed by atoms with Crippen molar-refractivity contribution in [2.75, 3.05) is 58.8 Å². The Balaban J connectivity index is 1.76. The number of carbonyl (C=O) groups is 1. The number of likely N-dealkylation sites (N-methyl/N-ethyl adjacent to an activating group) is 1. The molecule has 1 fully saturated rings. The molecule has 2 aromatic carbocycles. The van der Waals surface area contributed by atoms with Crippen LogP contribution in [-0.2, 0) is 0 Å². The Labute approximate surface area is 166 Å². The average molecular weight is 387 g/mol. The van der Waals surface area contributed by atoms with E-state index < -0.39 is 5.82 Å². The van der Waals surface area contributed by atoms with Crippen molar-refractivity contribution in [3.63, 3.8) is 0 Å². The summed E-state index contributed by atoms with van der Waals surface area (Å²) in [7, 11) is 6.27. The van der Waals surface area contributed by atoms with Crippen molar-refractivity contribution >= 4 is 11.6 Å². The quantitative estimate of drug-likeness (QED) is 0.642. The minimum Gasteiger partial charge on any atom is -0.378 e. The maximum absolute atomic E-state index is 13.9. The van der Waals surface area contributed by atoms with E-state index in [1.54, 1.807) is 17.0 Å². The van der Waals surface area contributed by atoms with E-state index in [0.29, 0.717) is 6.54 Å². The van der Waals surface area contributed by atoms with Crippen LogP contribution in [0.5, 0.6) is 0 Å². The highest BCUT2D eigenvalue weighted by atomic mass is 19.1. The van der Waals surface area contributed by atoms with Gasteiger partial charge in [0.05, 0.1) is 19.2 Å². The van der Waals surface area contributed by atoms with Crippen LogP contribution in [-0.4, -0.2) is 59.8 Å². The van der Waals surface area contributed by atoms with Gasteiger partial charge in [0.25, 0.3) is 5.91 Å². The highest BCUT2D eigenvalue weighted by Gasteiger charge is 2.30. The number of anilines is 1. The Kier molecular flexibility index (Phi) is 6.65. The molecule has 3 rings (SSSR count). The van der Waals surface area contributed by atoms with Gasteiger partial charge in [-0.2, -0.15) is 0 Å². The van der Waals surface area contributed by atoms with Gasteiger partial charge < -0.3 is 20.0 Å². The Bertz CT molecular complexity index is 785. The lowest BCUT2D eigenvalue weighted by Crippen LogP contribution is -3.27. The minimum absolute atomic E-state index is 0.0991. The first-order valence-corrected chi connectivity index (χ1v) is 9.91. The van der Waals surface area contributed by atoms with Gasteiger partial charge in [-0.3, -0.25) is 4.79 Å². The molecule has 1 aliphatic heterocycles. The molecular formula is C22H31FN4O+2. The molecular weight excluding hydrogens is 355 g/mol. The summed E-state index contributed by atoms with van der Waals surface area (Å²) in [5.41, 5.74) is 2.45.